The molecule has 0 saturated heterocycles. The molecule has 6 nitrogen and oxygen atoms in total. The highest BCUT2D eigenvalue weighted by atomic mass is 16.6. The van der Waals surface area contributed by atoms with Crippen LogP contribution < -0.4 is 0 Å². The first-order valence-corrected chi connectivity index (χ1v) is 31.6. The minimum Gasteiger partial charge on any atom is -0.462 e. The van der Waals surface area contributed by atoms with Crippen molar-refractivity contribution in [2.45, 2.75) is 258 Å². The van der Waals surface area contributed by atoms with E-state index in [1.165, 1.54) is 64.2 Å². The molecule has 0 aromatic rings. The van der Waals surface area contributed by atoms with Gasteiger partial charge < -0.3 is 14.2 Å². The van der Waals surface area contributed by atoms with Crippen molar-refractivity contribution in [2.24, 2.45) is 0 Å². The average molecular weight is 1090 g/mol. The van der Waals surface area contributed by atoms with Gasteiger partial charge in [-0.2, -0.15) is 0 Å². The highest BCUT2D eigenvalue weighted by molar-refractivity contribution is 5.72. The van der Waals surface area contributed by atoms with Gasteiger partial charge >= 0.3 is 17.9 Å². The Morgan fingerprint density at radius 3 is 0.886 bits per heavy atom. The minimum absolute atomic E-state index is 0.115. The lowest BCUT2D eigenvalue weighted by molar-refractivity contribution is -0.166. The molecule has 0 N–H and O–H groups in total. The van der Waals surface area contributed by atoms with E-state index in [4.69, 9.17) is 14.2 Å². The van der Waals surface area contributed by atoms with E-state index in [0.717, 1.165) is 148 Å². The van der Waals surface area contributed by atoms with Gasteiger partial charge in [-0.3, -0.25) is 14.4 Å². The number of ether oxygens (including phenoxy) is 3. The summed E-state index contributed by atoms with van der Waals surface area (Å²) in [5, 5.41) is 0. The van der Waals surface area contributed by atoms with Crippen LogP contribution in [0.1, 0.15) is 252 Å². The lowest BCUT2D eigenvalue weighted by atomic mass is 10.1. The topological polar surface area (TPSA) is 78.9 Å². The fourth-order valence-electron chi connectivity index (χ4n) is 8.05. The molecule has 6 heteroatoms. The van der Waals surface area contributed by atoms with Crippen LogP contribution in [0, 0.1) is 0 Å². The summed E-state index contributed by atoms with van der Waals surface area (Å²) in [7, 11) is 0. The first-order valence-electron chi connectivity index (χ1n) is 31.6. The van der Waals surface area contributed by atoms with Crippen molar-refractivity contribution in [3.8, 4) is 0 Å². The zero-order chi connectivity index (χ0) is 57.1. The average Bonchev–Trinajstić information content (AvgIpc) is 3.45. The Morgan fingerprint density at radius 1 is 0.278 bits per heavy atom. The standard InChI is InChI=1S/C73H114O6/c1-4-7-10-13-16-19-22-25-28-30-31-32-33-34-35-36-37-38-39-40-41-43-45-48-51-54-57-60-63-66-72(75)78-69-70(68-77-71(74)65-62-59-56-53-50-47-44-27-24-21-18-15-12-9-6-3)79-73(76)67-64-61-58-55-52-49-46-42-29-26-23-20-17-14-11-8-5-2/h7,9-10,12,16-21,25-29,31-32,34-35,37-38,40-41,44,50,53,59,62,70H,4-6,8,11,13-15,22-24,30,33,36,39,42-43,45-49,51-52,54-58,60-61,63-69H2,1-3H3/b10-7-,12-9-,19-16-,20-17-,21-18-,28-25-,29-26-,32-31-,35-34-,38-37-,41-40-,44-27-,53-50-,62-59-. The van der Waals surface area contributed by atoms with Crippen LogP contribution in [-0.2, 0) is 28.6 Å². The minimum atomic E-state index is -0.837. The molecule has 79 heavy (non-hydrogen) atoms. The lowest BCUT2D eigenvalue weighted by Gasteiger charge is -2.18. The third kappa shape index (κ3) is 63.5. The molecule has 0 aromatic heterocycles. The quantitative estimate of drug-likeness (QED) is 0.0261. The maximum Gasteiger partial charge on any atom is 0.309 e. The second kappa shape index (κ2) is 65.3. The zero-order valence-electron chi connectivity index (χ0n) is 50.6. The van der Waals surface area contributed by atoms with E-state index in [1.54, 1.807) is 6.08 Å². The number of esters is 3. The van der Waals surface area contributed by atoms with Crippen molar-refractivity contribution in [3.05, 3.63) is 170 Å². The van der Waals surface area contributed by atoms with E-state index < -0.39 is 12.1 Å². The number of carbonyl (C=O) groups excluding carboxylic acids is 3. The van der Waals surface area contributed by atoms with E-state index in [2.05, 4.69) is 179 Å². The van der Waals surface area contributed by atoms with Gasteiger partial charge in [0.15, 0.2) is 6.10 Å². The second-order valence-electron chi connectivity index (χ2n) is 20.2. The van der Waals surface area contributed by atoms with Crippen LogP contribution in [0.4, 0.5) is 0 Å². The molecule has 0 aromatic carbocycles. The smallest absolute Gasteiger partial charge is 0.309 e. The molecule has 0 spiro atoms. The Labute approximate surface area is 485 Å². The van der Waals surface area contributed by atoms with E-state index in [0.29, 0.717) is 6.42 Å². The fourth-order valence-corrected chi connectivity index (χ4v) is 8.05. The van der Waals surface area contributed by atoms with Crippen LogP contribution in [0.15, 0.2) is 170 Å². The maximum atomic E-state index is 12.9. The Hall–Kier alpha value is -5.23. The summed E-state index contributed by atoms with van der Waals surface area (Å²) in [6, 6.07) is 0. The van der Waals surface area contributed by atoms with Gasteiger partial charge in [0.2, 0.25) is 0 Å². The summed E-state index contributed by atoms with van der Waals surface area (Å²) in [5.41, 5.74) is 0. The Bertz CT molecular complexity index is 1820. The number of hydrogen-bond donors (Lipinski definition) is 0. The molecule has 0 fully saturated rings. The monoisotopic (exact) mass is 1090 g/mol. The zero-order valence-corrected chi connectivity index (χ0v) is 50.6. The van der Waals surface area contributed by atoms with Crippen LogP contribution >= 0.6 is 0 Å². The maximum absolute atomic E-state index is 12.9. The molecular weight excluding hydrogens is 973 g/mol. The van der Waals surface area contributed by atoms with Crippen molar-refractivity contribution in [1.82, 2.24) is 0 Å². The molecule has 0 aliphatic rings. The number of unbranched alkanes of at least 4 members (excludes halogenated alkanes) is 17. The normalized spacial score (nSPS) is 13.3. The summed E-state index contributed by atoms with van der Waals surface area (Å²) in [5.74, 6) is -1.08. The van der Waals surface area contributed by atoms with Crippen molar-refractivity contribution < 1.29 is 28.6 Å². The van der Waals surface area contributed by atoms with Crippen molar-refractivity contribution in [2.75, 3.05) is 13.2 Å². The summed E-state index contributed by atoms with van der Waals surface area (Å²) >= 11 is 0. The van der Waals surface area contributed by atoms with Crippen molar-refractivity contribution in [1.29, 1.82) is 0 Å². The Kier molecular flexibility index (Phi) is 61.0. The summed E-state index contributed by atoms with van der Waals surface area (Å²) in [4.78, 5) is 38.2. The molecule has 442 valence electrons. The molecule has 0 aliphatic heterocycles. The Morgan fingerprint density at radius 2 is 0.544 bits per heavy atom. The van der Waals surface area contributed by atoms with Gasteiger partial charge in [0.05, 0.1) is 6.42 Å². The van der Waals surface area contributed by atoms with Crippen LogP contribution in [0.25, 0.3) is 0 Å². The molecule has 1 unspecified atom stereocenters. The lowest BCUT2D eigenvalue weighted by Crippen LogP contribution is -2.30. The van der Waals surface area contributed by atoms with Gasteiger partial charge in [-0.05, 0) is 135 Å². The largest absolute Gasteiger partial charge is 0.462 e. The molecule has 0 amide bonds. The second-order valence-corrected chi connectivity index (χ2v) is 20.2. The fraction of sp³-hybridized carbons (Fsp3) is 0.575. The van der Waals surface area contributed by atoms with Gasteiger partial charge in [-0.25, -0.2) is 0 Å². The Balaban J connectivity index is 4.46. The third-order valence-corrected chi connectivity index (χ3v) is 12.7. The number of allylic oxidation sites excluding steroid dienone is 27. The summed E-state index contributed by atoms with van der Waals surface area (Å²) < 4.78 is 16.8. The molecule has 0 radical (unpaired) electrons. The first-order chi connectivity index (χ1) is 39.0. The molecule has 0 bridgehead atoms. The predicted molar refractivity (Wildman–Crippen MR) is 343 cm³/mol. The molecule has 0 heterocycles. The van der Waals surface area contributed by atoms with Gasteiger partial charge in [-0.15, -0.1) is 0 Å². The van der Waals surface area contributed by atoms with Gasteiger partial charge in [0.25, 0.3) is 0 Å². The SMILES string of the molecule is CC/C=C\C/C=C\C/C=C\C/C=C\C/C=C\C/C=C\C/C=C\CCCCCCCCCC(=O)OCC(COC(=O)C/C=C\C/C=C\C/C=C\C/C=C\C/C=C\CC)OC(=O)CCCCCCCCC/C=C\C/C=C\CCCCC. The van der Waals surface area contributed by atoms with Crippen LogP contribution in [-0.4, -0.2) is 37.2 Å². The molecule has 0 saturated carbocycles. The van der Waals surface area contributed by atoms with Crippen LogP contribution in [0.3, 0.4) is 0 Å². The van der Waals surface area contributed by atoms with E-state index >= 15 is 0 Å². The molecular formula is C73H114O6. The highest BCUT2D eigenvalue weighted by Crippen LogP contribution is 2.14. The van der Waals surface area contributed by atoms with E-state index in [-0.39, 0.29) is 38.0 Å². The van der Waals surface area contributed by atoms with Crippen LogP contribution in [0.2, 0.25) is 0 Å². The summed E-state index contributed by atoms with van der Waals surface area (Å²) in [6.45, 7) is 6.27. The molecule has 1 atom stereocenters. The predicted octanol–water partition coefficient (Wildman–Crippen LogP) is 21.9. The van der Waals surface area contributed by atoms with Crippen molar-refractivity contribution >= 4 is 17.9 Å². The van der Waals surface area contributed by atoms with Gasteiger partial charge in [0, 0.05) is 12.8 Å². The number of hydrogen-bond acceptors (Lipinski definition) is 6. The molecule has 0 aliphatic carbocycles. The van der Waals surface area contributed by atoms with Crippen LogP contribution in [0.5, 0.6) is 0 Å². The molecule has 0 rings (SSSR count). The first kappa shape index (κ1) is 73.8. The number of carbonyl (C=O) groups is 3. The summed E-state index contributed by atoms with van der Waals surface area (Å²) in [6.07, 6.45) is 96.6. The third-order valence-electron chi connectivity index (χ3n) is 12.7. The van der Waals surface area contributed by atoms with Gasteiger partial charge in [-0.1, -0.05) is 268 Å². The van der Waals surface area contributed by atoms with E-state index in [9.17, 15) is 14.4 Å². The van der Waals surface area contributed by atoms with E-state index in [1.807, 2.05) is 6.08 Å². The number of rotatable bonds is 55. The van der Waals surface area contributed by atoms with Crippen molar-refractivity contribution in [3.63, 3.8) is 0 Å². The highest BCUT2D eigenvalue weighted by Gasteiger charge is 2.19. The van der Waals surface area contributed by atoms with Gasteiger partial charge in [0.1, 0.15) is 13.2 Å².